The third-order valence-corrected chi connectivity index (χ3v) is 5.12. The largest absolute Gasteiger partial charge is 0.417 e. The lowest BCUT2D eigenvalue weighted by Crippen LogP contribution is -2.31. The fourth-order valence-electron chi connectivity index (χ4n) is 2.10. The molecule has 10 heteroatoms. The fourth-order valence-corrected chi connectivity index (χ4v) is 3.89. The SMILES string of the molecule is Cl.O=S(=O)(NCC1=CCNCC1)c1c(Cl)cccc1C(F)(F)F. The molecule has 0 bridgehead atoms. The van der Waals surface area contributed by atoms with E-state index in [1.54, 1.807) is 0 Å². The lowest BCUT2D eigenvalue weighted by molar-refractivity contribution is -0.139. The van der Waals surface area contributed by atoms with E-state index >= 15 is 0 Å². The molecule has 0 amide bonds. The molecule has 0 saturated carbocycles. The summed E-state index contributed by atoms with van der Waals surface area (Å²) in [5, 5.41) is 2.60. The van der Waals surface area contributed by atoms with Crippen LogP contribution in [0.4, 0.5) is 13.2 Å². The van der Waals surface area contributed by atoms with Crippen molar-refractivity contribution in [3.63, 3.8) is 0 Å². The highest BCUT2D eigenvalue weighted by molar-refractivity contribution is 7.89. The smallest absolute Gasteiger partial charge is 0.313 e. The molecule has 0 aromatic heterocycles. The Balaban J connectivity index is 0.00000264. The second-order valence-corrected chi connectivity index (χ2v) is 6.87. The van der Waals surface area contributed by atoms with Crippen LogP contribution in [0, 0.1) is 0 Å². The Morgan fingerprint density at radius 1 is 1.30 bits per heavy atom. The lowest BCUT2D eigenvalue weighted by Gasteiger charge is -2.17. The molecular formula is C13H15Cl2F3N2O2S. The van der Waals surface area contributed by atoms with Crippen LogP contribution in [0.1, 0.15) is 12.0 Å². The van der Waals surface area contributed by atoms with Crippen LogP contribution in [0.5, 0.6) is 0 Å². The van der Waals surface area contributed by atoms with E-state index < -0.39 is 31.7 Å². The third-order valence-electron chi connectivity index (χ3n) is 3.19. The minimum Gasteiger partial charge on any atom is -0.313 e. The second kappa shape index (κ2) is 7.85. The van der Waals surface area contributed by atoms with E-state index in [1.807, 2.05) is 6.08 Å². The van der Waals surface area contributed by atoms with E-state index in [1.165, 1.54) is 0 Å². The van der Waals surface area contributed by atoms with Crippen LogP contribution < -0.4 is 10.0 Å². The number of sulfonamides is 1. The lowest BCUT2D eigenvalue weighted by atomic mass is 10.1. The van der Waals surface area contributed by atoms with Crippen LogP contribution in [0.15, 0.2) is 34.7 Å². The minimum atomic E-state index is -4.80. The average Bonchev–Trinajstić information content (AvgIpc) is 2.45. The van der Waals surface area contributed by atoms with Gasteiger partial charge in [0, 0.05) is 13.1 Å². The van der Waals surface area contributed by atoms with Gasteiger partial charge in [-0.25, -0.2) is 13.1 Å². The van der Waals surface area contributed by atoms with Crippen molar-refractivity contribution in [1.82, 2.24) is 10.0 Å². The highest BCUT2D eigenvalue weighted by atomic mass is 35.5. The van der Waals surface area contributed by atoms with E-state index in [0.29, 0.717) is 25.6 Å². The number of halogens is 5. The summed E-state index contributed by atoms with van der Waals surface area (Å²) in [6, 6.07) is 2.89. The number of hydrogen-bond acceptors (Lipinski definition) is 3. The maximum absolute atomic E-state index is 13.0. The molecule has 0 saturated heterocycles. The molecule has 23 heavy (non-hydrogen) atoms. The molecule has 2 N–H and O–H groups in total. The molecule has 0 spiro atoms. The van der Waals surface area contributed by atoms with Gasteiger partial charge in [0.05, 0.1) is 10.6 Å². The van der Waals surface area contributed by atoms with E-state index in [2.05, 4.69) is 10.0 Å². The Morgan fingerprint density at radius 2 is 2.00 bits per heavy atom. The van der Waals surface area contributed by atoms with Crippen LogP contribution >= 0.6 is 24.0 Å². The van der Waals surface area contributed by atoms with Crippen molar-refractivity contribution in [2.24, 2.45) is 0 Å². The molecule has 4 nitrogen and oxygen atoms in total. The monoisotopic (exact) mass is 390 g/mol. The molecule has 0 aliphatic carbocycles. The summed E-state index contributed by atoms with van der Waals surface area (Å²) in [4.78, 5) is -0.932. The standard InChI is InChI=1S/C13H14ClF3N2O2S.ClH/c14-11-3-1-2-10(13(15,16)17)12(11)22(20,21)19-8-9-4-6-18-7-5-9;/h1-4,18-19H,5-8H2;1H. The van der Waals surface area contributed by atoms with Crippen LogP contribution in [0.2, 0.25) is 5.02 Å². The Kier molecular flexibility index (Phi) is 6.91. The topological polar surface area (TPSA) is 58.2 Å². The number of hydrogen-bond donors (Lipinski definition) is 2. The summed E-state index contributed by atoms with van der Waals surface area (Å²) < 4.78 is 65.6. The number of rotatable bonds is 4. The predicted octanol–water partition coefficient (Wildman–Crippen LogP) is 2.98. The van der Waals surface area contributed by atoms with Gasteiger partial charge in [-0.3, -0.25) is 0 Å². The van der Waals surface area contributed by atoms with Crippen molar-refractivity contribution < 1.29 is 21.6 Å². The first kappa shape index (κ1) is 20.2. The van der Waals surface area contributed by atoms with Crippen LogP contribution in [0.3, 0.4) is 0 Å². The molecule has 2 rings (SSSR count). The number of benzene rings is 1. The van der Waals surface area contributed by atoms with Gasteiger partial charge in [-0.1, -0.05) is 29.3 Å². The molecule has 0 fully saturated rings. The Bertz CT molecular complexity index is 691. The zero-order valence-electron chi connectivity index (χ0n) is 11.8. The van der Waals surface area contributed by atoms with Crippen LogP contribution in [-0.4, -0.2) is 28.1 Å². The molecule has 130 valence electrons. The Hall–Kier alpha value is -0.800. The van der Waals surface area contributed by atoms with Gasteiger partial charge in [-0.15, -0.1) is 12.4 Å². The predicted molar refractivity (Wildman–Crippen MR) is 84.5 cm³/mol. The van der Waals surface area contributed by atoms with Gasteiger partial charge in [-0.05, 0) is 25.1 Å². The Labute approximate surface area is 143 Å². The van der Waals surface area contributed by atoms with Gasteiger partial charge >= 0.3 is 6.18 Å². The van der Waals surface area contributed by atoms with Crippen molar-refractivity contribution in [3.05, 3.63) is 40.4 Å². The summed E-state index contributed by atoms with van der Waals surface area (Å²) >= 11 is 5.70. The van der Waals surface area contributed by atoms with Crippen molar-refractivity contribution in [3.8, 4) is 0 Å². The first-order chi connectivity index (χ1) is 10.2. The zero-order valence-corrected chi connectivity index (χ0v) is 14.2. The molecule has 1 aromatic carbocycles. The summed E-state index contributed by atoms with van der Waals surface area (Å²) in [5.74, 6) is 0. The van der Waals surface area contributed by atoms with Crippen molar-refractivity contribution in [1.29, 1.82) is 0 Å². The van der Waals surface area contributed by atoms with Gasteiger partial charge < -0.3 is 5.32 Å². The van der Waals surface area contributed by atoms with Crippen LogP contribution in [-0.2, 0) is 16.2 Å². The quantitative estimate of drug-likeness (QED) is 0.776. The first-order valence-corrected chi connectivity index (χ1v) is 8.32. The number of nitrogens with one attached hydrogen (secondary N) is 2. The second-order valence-electron chi connectivity index (χ2n) is 4.76. The van der Waals surface area contributed by atoms with Crippen LogP contribution in [0.25, 0.3) is 0 Å². The zero-order chi connectivity index (χ0) is 16.4. The van der Waals surface area contributed by atoms with Crippen molar-refractivity contribution in [2.45, 2.75) is 17.5 Å². The molecule has 1 aliphatic heterocycles. The molecule has 1 aromatic rings. The first-order valence-electron chi connectivity index (χ1n) is 6.46. The Morgan fingerprint density at radius 3 is 2.57 bits per heavy atom. The van der Waals surface area contributed by atoms with E-state index in [9.17, 15) is 21.6 Å². The van der Waals surface area contributed by atoms with Gasteiger partial charge in [-0.2, -0.15) is 13.2 Å². The molecule has 0 unspecified atom stereocenters. The van der Waals surface area contributed by atoms with Gasteiger partial charge in [0.1, 0.15) is 4.90 Å². The van der Waals surface area contributed by atoms with Crippen molar-refractivity contribution in [2.75, 3.05) is 19.6 Å². The third kappa shape index (κ3) is 5.09. The summed E-state index contributed by atoms with van der Waals surface area (Å²) in [5.41, 5.74) is -0.449. The van der Waals surface area contributed by atoms with Gasteiger partial charge in [0.25, 0.3) is 0 Å². The normalized spacial score (nSPS) is 15.7. The highest BCUT2D eigenvalue weighted by Crippen LogP contribution is 2.37. The molecule has 1 aliphatic rings. The van der Waals surface area contributed by atoms with Gasteiger partial charge in [0.2, 0.25) is 10.0 Å². The summed E-state index contributed by atoms with van der Waals surface area (Å²) in [6.45, 7) is 1.27. The van der Waals surface area contributed by atoms with E-state index in [4.69, 9.17) is 11.6 Å². The minimum absolute atomic E-state index is 0. The van der Waals surface area contributed by atoms with Crippen molar-refractivity contribution >= 4 is 34.0 Å². The maximum Gasteiger partial charge on any atom is 0.417 e. The average molecular weight is 391 g/mol. The summed E-state index contributed by atoms with van der Waals surface area (Å²) in [6.07, 6.45) is -2.36. The maximum atomic E-state index is 13.0. The highest BCUT2D eigenvalue weighted by Gasteiger charge is 2.38. The number of alkyl halides is 3. The fraction of sp³-hybridized carbons (Fsp3) is 0.385. The molecule has 1 heterocycles. The van der Waals surface area contributed by atoms with Gasteiger partial charge in [0.15, 0.2) is 0 Å². The van der Waals surface area contributed by atoms with E-state index in [0.717, 1.165) is 17.7 Å². The molecule has 0 atom stereocenters. The van der Waals surface area contributed by atoms with E-state index in [-0.39, 0.29) is 19.0 Å². The molecular weight excluding hydrogens is 376 g/mol. The summed E-state index contributed by atoms with van der Waals surface area (Å²) in [7, 11) is -4.37. The molecule has 0 radical (unpaired) electrons.